The van der Waals surface area contributed by atoms with Crippen LogP contribution in [0.5, 0.6) is 5.75 Å². The Morgan fingerprint density at radius 3 is 2.32 bits per heavy atom. The summed E-state index contributed by atoms with van der Waals surface area (Å²) in [5.41, 5.74) is 0.794. The van der Waals surface area contributed by atoms with Gasteiger partial charge in [-0.05, 0) is 44.5 Å². The van der Waals surface area contributed by atoms with Gasteiger partial charge < -0.3 is 18.6 Å². The van der Waals surface area contributed by atoms with Crippen LogP contribution in [-0.2, 0) is 29.9 Å². The number of methoxy groups -OCH3 is 1. The number of hydrogen-bond donors (Lipinski definition) is 0. The Bertz CT molecular complexity index is 1320. The molecule has 0 saturated carbocycles. The molecule has 0 amide bonds. The van der Waals surface area contributed by atoms with Crippen LogP contribution >= 0.6 is 0 Å². The lowest BCUT2D eigenvalue weighted by Crippen LogP contribution is -2.26. The van der Waals surface area contributed by atoms with E-state index in [2.05, 4.69) is 0 Å². The highest BCUT2D eigenvalue weighted by Crippen LogP contribution is 2.38. The number of benzene rings is 2. The van der Waals surface area contributed by atoms with Gasteiger partial charge in [0.1, 0.15) is 16.9 Å². The quantitative estimate of drug-likeness (QED) is 0.320. The number of furan rings is 1. The Balaban J connectivity index is 2.00. The standard InChI is InChI=1S/C28H32O8S/c1-19(15-24(29)36-28(2,3)4)16-35-26-23(20-13-14-34-17-20)12-11-21(25(26)27(30)33-5)18-37(31,32)22-9-7-6-8-10-22/h6-14,17,19H,15-16,18H2,1-5H3. The van der Waals surface area contributed by atoms with Gasteiger partial charge >= 0.3 is 11.9 Å². The molecule has 1 atom stereocenters. The predicted molar refractivity (Wildman–Crippen MR) is 138 cm³/mol. The molecule has 37 heavy (non-hydrogen) atoms. The van der Waals surface area contributed by atoms with Gasteiger partial charge in [0, 0.05) is 17.0 Å². The zero-order valence-corrected chi connectivity index (χ0v) is 22.5. The van der Waals surface area contributed by atoms with E-state index < -0.39 is 27.2 Å². The number of carbonyl (C=O) groups excluding carboxylic acids is 2. The highest BCUT2D eigenvalue weighted by Gasteiger charge is 2.27. The second kappa shape index (κ2) is 11.6. The third kappa shape index (κ3) is 7.45. The first kappa shape index (κ1) is 28.0. The first-order chi connectivity index (χ1) is 17.4. The highest BCUT2D eigenvalue weighted by atomic mass is 32.2. The molecule has 0 aliphatic carbocycles. The van der Waals surface area contributed by atoms with Crippen molar-refractivity contribution in [1.29, 1.82) is 0 Å². The largest absolute Gasteiger partial charge is 0.492 e. The molecule has 0 saturated heterocycles. The number of ether oxygens (including phenoxy) is 3. The lowest BCUT2D eigenvalue weighted by molar-refractivity contribution is -0.156. The van der Waals surface area contributed by atoms with Crippen molar-refractivity contribution in [2.45, 2.75) is 50.4 Å². The molecule has 198 valence electrons. The van der Waals surface area contributed by atoms with E-state index in [0.29, 0.717) is 11.1 Å². The molecule has 0 aliphatic rings. The molecule has 0 N–H and O–H groups in total. The summed E-state index contributed by atoms with van der Waals surface area (Å²) in [7, 11) is -2.55. The van der Waals surface area contributed by atoms with Crippen LogP contribution in [-0.4, -0.2) is 39.7 Å². The maximum Gasteiger partial charge on any atom is 0.341 e. The van der Waals surface area contributed by atoms with E-state index in [1.807, 2.05) is 6.92 Å². The second-order valence-electron chi connectivity index (χ2n) is 9.76. The number of hydrogen-bond acceptors (Lipinski definition) is 8. The number of sulfone groups is 1. The zero-order valence-electron chi connectivity index (χ0n) is 21.6. The Kier molecular flexibility index (Phi) is 8.81. The third-order valence-corrected chi connectivity index (χ3v) is 7.04. The lowest BCUT2D eigenvalue weighted by Gasteiger charge is -2.22. The van der Waals surface area contributed by atoms with Crippen LogP contribution in [0.4, 0.5) is 0 Å². The Hall–Kier alpha value is -3.59. The summed E-state index contributed by atoms with van der Waals surface area (Å²) < 4.78 is 48.0. The average Bonchev–Trinajstić information content (AvgIpc) is 3.36. The summed E-state index contributed by atoms with van der Waals surface area (Å²) in [6.45, 7) is 7.27. The van der Waals surface area contributed by atoms with Gasteiger partial charge in [0.2, 0.25) is 0 Å². The topological polar surface area (TPSA) is 109 Å². The van der Waals surface area contributed by atoms with Crippen molar-refractivity contribution in [2.75, 3.05) is 13.7 Å². The monoisotopic (exact) mass is 528 g/mol. The van der Waals surface area contributed by atoms with Gasteiger partial charge in [0.05, 0.1) is 43.3 Å². The van der Waals surface area contributed by atoms with Crippen LogP contribution in [0, 0.1) is 5.92 Å². The van der Waals surface area contributed by atoms with Crippen molar-refractivity contribution in [1.82, 2.24) is 0 Å². The molecule has 0 spiro atoms. The van der Waals surface area contributed by atoms with Crippen LogP contribution in [0.25, 0.3) is 11.1 Å². The minimum absolute atomic E-state index is 0.00479. The van der Waals surface area contributed by atoms with Crippen molar-refractivity contribution in [3.63, 3.8) is 0 Å². The van der Waals surface area contributed by atoms with E-state index in [9.17, 15) is 18.0 Å². The molecule has 0 bridgehead atoms. The van der Waals surface area contributed by atoms with E-state index in [-0.39, 0.29) is 46.7 Å². The normalized spacial score (nSPS) is 12.6. The van der Waals surface area contributed by atoms with Crippen molar-refractivity contribution in [3.8, 4) is 16.9 Å². The summed E-state index contributed by atoms with van der Waals surface area (Å²) >= 11 is 0. The summed E-state index contributed by atoms with van der Waals surface area (Å²) in [4.78, 5) is 25.4. The van der Waals surface area contributed by atoms with Gasteiger partial charge in [0.15, 0.2) is 9.84 Å². The molecule has 2 aromatic carbocycles. The highest BCUT2D eigenvalue weighted by molar-refractivity contribution is 7.90. The molecule has 8 nitrogen and oxygen atoms in total. The van der Waals surface area contributed by atoms with Crippen LogP contribution in [0.15, 0.2) is 70.4 Å². The molecular weight excluding hydrogens is 496 g/mol. The van der Waals surface area contributed by atoms with Crippen molar-refractivity contribution < 1.29 is 36.6 Å². The van der Waals surface area contributed by atoms with Crippen LogP contribution in [0.3, 0.4) is 0 Å². The van der Waals surface area contributed by atoms with E-state index in [1.54, 1.807) is 57.2 Å². The molecule has 3 aromatic rings. The predicted octanol–water partition coefficient (Wildman–Crippen LogP) is 5.45. The SMILES string of the molecule is COC(=O)c1c(CS(=O)(=O)c2ccccc2)ccc(-c2ccoc2)c1OCC(C)CC(=O)OC(C)(C)C. The third-order valence-electron chi connectivity index (χ3n) is 5.36. The van der Waals surface area contributed by atoms with Crippen molar-refractivity contribution >= 4 is 21.8 Å². The van der Waals surface area contributed by atoms with Gasteiger partial charge in [0.25, 0.3) is 0 Å². The minimum Gasteiger partial charge on any atom is -0.492 e. The summed E-state index contributed by atoms with van der Waals surface area (Å²) in [6.07, 6.45) is 3.08. The van der Waals surface area contributed by atoms with Crippen LogP contribution in [0.2, 0.25) is 0 Å². The van der Waals surface area contributed by atoms with E-state index in [4.69, 9.17) is 18.6 Å². The average molecular weight is 529 g/mol. The Labute approximate surface area is 217 Å². The van der Waals surface area contributed by atoms with Gasteiger partial charge in [-0.25, -0.2) is 13.2 Å². The summed E-state index contributed by atoms with van der Waals surface area (Å²) in [5.74, 6) is -1.64. The molecule has 3 rings (SSSR count). The molecule has 9 heteroatoms. The zero-order chi connectivity index (χ0) is 27.2. The van der Waals surface area contributed by atoms with Crippen molar-refractivity contribution in [3.05, 3.63) is 72.2 Å². The Morgan fingerprint density at radius 2 is 1.73 bits per heavy atom. The van der Waals surface area contributed by atoms with Crippen LogP contribution < -0.4 is 4.74 Å². The first-order valence-electron chi connectivity index (χ1n) is 11.8. The van der Waals surface area contributed by atoms with E-state index >= 15 is 0 Å². The Morgan fingerprint density at radius 1 is 1.03 bits per heavy atom. The van der Waals surface area contributed by atoms with Gasteiger partial charge in [-0.2, -0.15) is 0 Å². The van der Waals surface area contributed by atoms with Gasteiger partial charge in [-0.15, -0.1) is 0 Å². The van der Waals surface area contributed by atoms with Gasteiger partial charge in [-0.1, -0.05) is 37.3 Å². The van der Waals surface area contributed by atoms with Gasteiger partial charge in [-0.3, -0.25) is 4.79 Å². The van der Waals surface area contributed by atoms with E-state index in [1.165, 1.54) is 31.8 Å². The number of esters is 2. The van der Waals surface area contributed by atoms with Crippen molar-refractivity contribution in [2.24, 2.45) is 5.92 Å². The molecular formula is C28H32O8S. The molecule has 1 heterocycles. The molecule has 0 radical (unpaired) electrons. The molecule has 0 aliphatic heterocycles. The molecule has 1 aromatic heterocycles. The number of rotatable bonds is 10. The fraction of sp³-hybridized carbons (Fsp3) is 0.357. The number of carbonyl (C=O) groups is 2. The van der Waals surface area contributed by atoms with Crippen LogP contribution in [0.1, 0.15) is 50.0 Å². The smallest absolute Gasteiger partial charge is 0.341 e. The second-order valence-corrected chi connectivity index (χ2v) is 11.7. The fourth-order valence-electron chi connectivity index (χ4n) is 3.73. The summed E-state index contributed by atoms with van der Waals surface area (Å²) in [5, 5.41) is 0. The maximum atomic E-state index is 13.1. The first-order valence-corrected chi connectivity index (χ1v) is 13.5. The minimum atomic E-state index is -3.77. The van der Waals surface area contributed by atoms with E-state index in [0.717, 1.165) is 0 Å². The lowest BCUT2D eigenvalue weighted by atomic mass is 9.99. The molecule has 0 fully saturated rings. The maximum absolute atomic E-state index is 13.1. The molecule has 1 unspecified atom stereocenters. The summed E-state index contributed by atoms with van der Waals surface area (Å²) in [6, 6.07) is 13.0. The fourth-order valence-corrected chi connectivity index (χ4v) is 5.12.